The first-order valence-corrected chi connectivity index (χ1v) is 6.83. The van der Waals surface area contributed by atoms with E-state index in [4.69, 9.17) is 0 Å². The van der Waals surface area contributed by atoms with Gasteiger partial charge in [0.1, 0.15) is 0 Å². The summed E-state index contributed by atoms with van der Waals surface area (Å²) in [6.45, 7) is 2.80. The lowest BCUT2D eigenvalue weighted by Crippen LogP contribution is -2.46. The molecule has 0 radical (unpaired) electrons. The molecule has 0 aliphatic carbocycles. The molecule has 3 unspecified atom stereocenters. The van der Waals surface area contributed by atoms with Crippen LogP contribution in [-0.2, 0) is 4.79 Å². The fourth-order valence-corrected chi connectivity index (χ4v) is 2.58. The van der Waals surface area contributed by atoms with Crippen molar-refractivity contribution < 1.29 is 9.90 Å². The van der Waals surface area contributed by atoms with Gasteiger partial charge in [-0.2, -0.15) is 0 Å². The van der Waals surface area contributed by atoms with E-state index in [9.17, 15) is 9.90 Å². The molecule has 1 aliphatic rings. The molecule has 1 amide bonds. The van der Waals surface area contributed by atoms with Gasteiger partial charge in [-0.1, -0.05) is 30.3 Å². The van der Waals surface area contributed by atoms with Gasteiger partial charge in [0.25, 0.3) is 0 Å². The van der Waals surface area contributed by atoms with Crippen LogP contribution in [0.4, 0.5) is 0 Å². The van der Waals surface area contributed by atoms with Crippen molar-refractivity contribution in [1.82, 2.24) is 10.2 Å². The number of nitrogens with zero attached hydrogens (tertiary/aromatic N) is 1. The number of carbonyl (C=O) groups is 1. The van der Waals surface area contributed by atoms with Crippen LogP contribution in [0.3, 0.4) is 0 Å². The second kappa shape index (κ2) is 6.17. The number of likely N-dealkylation sites (tertiary alicyclic amines) is 1. The topological polar surface area (TPSA) is 52.6 Å². The van der Waals surface area contributed by atoms with E-state index in [-0.39, 0.29) is 18.0 Å². The summed E-state index contributed by atoms with van der Waals surface area (Å²) < 4.78 is 0. The minimum Gasteiger partial charge on any atom is -0.386 e. The average molecular weight is 262 g/mol. The zero-order valence-corrected chi connectivity index (χ0v) is 11.5. The third-order valence-corrected chi connectivity index (χ3v) is 3.81. The minimum absolute atomic E-state index is 0.0162. The first-order valence-electron chi connectivity index (χ1n) is 6.83. The highest BCUT2D eigenvalue weighted by Gasteiger charge is 2.29. The SMILES string of the molecule is CC(NC(=O)C1CCCN1C)C(O)c1ccccc1. The van der Waals surface area contributed by atoms with Crippen LogP contribution < -0.4 is 5.32 Å². The van der Waals surface area contributed by atoms with E-state index < -0.39 is 6.10 Å². The van der Waals surface area contributed by atoms with E-state index in [1.807, 2.05) is 44.3 Å². The number of amides is 1. The Morgan fingerprint density at radius 1 is 1.42 bits per heavy atom. The summed E-state index contributed by atoms with van der Waals surface area (Å²) in [5.74, 6) is 0.0162. The Hall–Kier alpha value is -1.39. The van der Waals surface area contributed by atoms with Crippen LogP contribution in [0, 0.1) is 0 Å². The summed E-state index contributed by atoms with van der Waals surface area (Å²) in [7, 11) is 1.97. The van der Waals surface area contributed by atoms with Crippen molar-refractivity contribution >= 4 is 5.91 Å². The number of hydrogen-bond donors (Lipinski definition) is 2. The fraction of sp³-hybridized carbons (Fsp3) is 0.533. The Balaban J connectivity index is 1.93. The van der Waals surface area contributed by atoms with Gasteiger partial charge in [0, 0.05) is 0 Å². The van der Waals surface area contributed by atoms with Gasteiger partial charge < -0.3 is 10.4 Å². The number of aliphatic hydroxyl groups is 1. The molecular weight excluding hydrogens is 240 g/mol. The van der Waals surface area contributed by atoms with Crippen LogP contribution in [-0.4, -0.2) is 41.6 Å². The van der Waals surface area contributed by atoms with Gasteiger partial charge in [-0.25, -0.2) is 0 Å². The molecule has 1 heterocycles. The van der Waals surface area contributed by atoms with E-state index in [0.29, 0.717) is 0 Å². The molecule has 1 aromatic carbocycles. The molecule has 1 fully saturated rings. The van der Waals surface area contributed by atoms with Crippen molar-refractivity contribution in [2.75, 3.05) is 13.6 Å². The molecule has 104 valence electrons. The fourth-order valence-electron chi connectivity index (χ4n) is 2.58. The number of nitrogens with one attached hydrogen (secondary N) is 1. The lowest BCUT2D eigenvalue weighted by atomic mass is 10.0. The highest BCUT2D eigenvalue weighted by atomic mass is 16.3. The van der Waals surface area contributed by atoms with Crippen molar-refractivity contribution in [2.45, 2.75) is 38.0 Å². The van der Waals surface area contributed by atoms with Gasteiger partial charge in [-0.3, -0.25) is 9.69 Å². The molecule has 0 saturated carbocycles. The molecule has 3 atom stereocenters. The maximum Gasteiger partial charge on any atom is 0.237 e. The lowest BCUT2D eigenvalue weighted by Gasteiger charge is -2.24. The predicted octanol–water partition coefficient (Wildman–Crippen LogP) is 1.32. The van der Waals surface area contributed by atoms with Crippen LogP contribution in [0.1, 0.15) is 31.4 Å². The second-order valence-electron chi connectivity index (χ2n) is 5.29. The van der Waals surface area contributed by atoms with Gasteiger partial charge in [0.15, 0.2) is 0 Å². The third-order valence-electron chi connectivity index (χ3n) is 3.81. The molecule has 0 spiro atoms. The summed E-state index contributed by atoms with van der Waals surface area (Å²) in [4.78, 5) is 14.2. The lowest BCUT2D eigenvalue weighted by molar-refractivity contribution is -0.126. The first-order chi connectivity index (χ1) is 9.09. The Morgan fingerprint density at radius 2 is 2.11 bits per heavy atom. The number of hydrogen-bond acceptors (Lipinski definition) is 3. The van der Waals surface area contributed by atoms with Crippen LogP contribution >= 0.6 is 0 Å². The summed E-state index contributed by atoms with van der Waals surface area (Å²) in [6.07, 6.45) is 1.29. The number of benzene rings is 1. The number of likely N-dealkylation sites (N-methyl/N-ethyl adjacent to an activating group) is 1. The molecule has 2 rings (SSSR count). The summed E-state index contributed by atoms with van der Waals surface area (Å²) in [6, 6.07) is 9.08. The molecular formula is C15H22N2O2. The minimum atomic E-state index is -0.670. The van der Waals surface area contributed by atoms with E-state index >= 15 is 0 Å². The largest absolute Gasteiger partial charge is 0.386 e. The van der Waals surface area contributed by atoms with E-state index in [1.54, 1.807) is 0 Å². The Morgan fingerprint density at radius 3 is 2.68 bits per heavy atom. The highest BCUT2D eigenvalue weighted by Crippen LogP contribution is 2.18. The second-order valence-corrected chi connectivity index (χ2v) is 5.29. The van der Waals surface area contributed by atoms with Crippen molar-refractivity contribution in [2.24, 2.45) is 0 Å². The summed E-state index contributed by atoms with van der Waals surface area (Å²) >= 11 is 0. The van der Waals surface area contributed by atoms with Crippen LogP contribution in [0.5, 0.6) is 0 Å². The van der Waals surface area contributed by atoms with Gasteiger partial charge in [-0.05, 0) is 38.9 Å². The average Bonchev–Trinajstić information content (AvgIpc) is 2.85. The van der Waals surface area contributed by atoms with Gasteiger partial charge in [0.05, 0.1) is 18.2 Å². The van der Waals surface area contributed by atoms with Crippen LogP contribution in [0.15, 0.2) is 30.3 Å². The van der Waals surface area contributed by atoms with Gasteiger partial charge in [-0.15, -0.1) is 0 Å². The van der Waals surface area contributed by atoms with Crippen LogP contribution in [0.25, 0.3) is 0 Å². The molecule has 19 heavy (non-hydrogen) atoms. The van der Waals surface area contributed by atoms with Crippen molar-refractivity contribution in [3.8, 4) is 0 Å². The number of carbonyl (C=O) groups excluding carboxylic acids is 1. The molecule has 1 aromatic rings. The zero-order chi connectivity index (χ0) is 13.8. The van der Waals surface area contributed by atoms with Gasteiger partial charge in [0.2, 0.25) is 5.91 Å². The van der Waals surface area contributed by atoms with E-state index in [0.717, 1.165) is 24.9 Å². The van der Waals surface area contributed by atoms with Crippen molar-refractivity contribution in [3.05, 3.63) is 35.9 Å². The summed E-state index contributed by atoms with van der Waals surface area (Å²) in [5.41, 5.74) is 0.829. The number of rotatable bonds is 4. The van der Waals surface area contributed by atoms with Crippen molar-refractivity contribution in [3.63, 3.8) is 0 Å². The molecule has 4 heteroatoms. The van der Waals surface area contributed by atoms with E-state index in [1.165, 1.54) is 0 Å². The quantitative estimate of drug-likeness (QED) is 0.860. The van der Waals surface area contributed by atoms with Gasteiger partial charge >= 0.3 is 0 Å². The maximum atomic E-state index is 12.1. The Bertz CT molecular complexity index is 421. The molecule has 0 aromatic heterocycles. The number of aliphatic hydroxyl groups excluding tert-OH is 1. The monoisotopic (exact) mass is 262 g/mol. The zero-order valence-electron chi connectivity index (χ0n) is 11.5. The van der Waals surface area contributed by atoms with Crippen molar-refractivity contribution in [1.29, 1.82) is 0 Å². The molecule has 1 saturated heterocycles. The smallest absolute Gasteiger partial charge is 0.237 e. The molecule has 1 aliphatic heterocycles. The van der Waals surface area contributed by atoms with Crippen LogP contribution in [0.2, 0.25) is 0 Å². The molecule has 2 N–H and O–H groups in total. The first kappa shape index (κ1) is 14.0. The highest BCUT2D eigenvalue weighted by molar-refractivity contribution is 5.82. The molecule has 0 bridgehead atoms. The third kappa shape index (κ3) is 3.33. The Labute approximate surface area is 114 Å². The predicted molar refractivity (Wildman–Crippen MR) is 74.7 cm³/mol. The van der Waals surface area contributed by atoms with E-state index in [2.05, 4.69) is 10.2 Å². The normalized spacial score (nSPS) is 23.0. The summed E-state index contributed by atoms with van der Waals surface area (Å²) in [5, 5.41) is 13.1. The standard InChI is InChI=1S/C15H22N2O2/c1-11(14(18)12-7-4-3-5-8-12)16-15(19)13-9-6-10-17(13)2/h3-5,7-8,11,13-14,18H,6,9-10H2,1-2H3,(H,16,19). The molecule has 4 nitrogen and oxygen atoms in total. The Kier molecular flexibility index (Phi) is 4.56. The maximum absolute atomic E-state index is 12.1.